The molecule has 0 radical (unpaired) electrons. The molecule has 17 heavy (non-hydrogen) atoms. The molecule has 92 valence electrons. The molecule has 2 aromatic rings. The van der Waals surface area contributed by atoms with E-state index < -0.39 is 0 Å². The number of thioether (sulfide) groups is 1. The Labute approximate surface area is 106 Å². The number of hydrogen-bond acceptors (Lipinski definition) is 3. The standard InChI is InChI=1S/C13H19N3S/c1-9-4-5-12-11(8-9)15-13(14)16(12)7-6-10(2)17-3/h4-5,8,10H,6-7H2,1-3H3,(H2,14,15). The van der Waals surface area contributed by atoms with Crippen molar-refractivity contribution in [2.75, 3.05) is 12.0 Å². The van der Waals surface area contributed by atoms with Crippen LogP contribution in [0.1, 0.15) is 18.9 Å². The van der Waals surface area contributed by atoms with E-state index in [2.05, 4.69) is 47.9 Å². The van der Waals surface area contributed by atoms with Gasteiger partial charge in [-0.1, -0.05) is 13.0 Å². The van der Waals surface area contributed by atoms with Crippen molar-refractivity contribution in [3.63, 3.8) is 0 Å². The van der Waals surface area contributed by atoms with Gasteiger partial charge in [0.05, 0.1) is 11.0 Å². The fourth-order valence-electron chi connectivity index (χ4n) is 1.92. The number of benzene rings is 1. The maximum Gasteiger partial charge on any atom is 0.201 e. The molecule has 1 aromatic heterocycles. The van der Waals surface area contributed by atoms with Crippen LogP contribution in [0.5, 0.6) is 0 Å². The van der Waals surface area contributed by atoms with Crippen LogP contribution in [0.4, 0.5) is 5.95 Å². The SMILES string of the molecule is CSC(C)CCn1c(N)nc2cc(C)ccc21. The fourth-order valence-corrected chi connectivity index (χ4v) is 2.26. The Morgan fingerprint density at radius 2 is 2.24 bits per heavy atom. The highest BCUT2D eigenvalue weighted by Gasteiger charge is 2.09. The Balaban J connectivity index is 2.30. The van der Waals surface area contributed by atoms with E-state index in [9.17, 15) is 0 Å². The van der Waals surface area contributed by atoms with Gasteiger partial charge in [-0.15, -0.1) is 0 Å². The molecule has 1 aromatic carbocycles. The van der Waals surface area contributed by atoms with Gasteiger partial charge in [0.1, 0.15) is 0 Å². The van der Waals surface area contributed by atoms with Crippen molar-refractivity contribution in [3.05, 3.63) is 23.8 Å². The maximum atomic E-state index is 5.98. The summed E-state index contributed by atoms with van der Waals surface area (Å²) in [5.74, 6) is 0.624. The van der Waals surface area contributed by atoms with Crippen LogP contribution in [-0.2, 0) is 6.54 Å². The molecule has 0 aliphatic carbocycles. The number of nitrogen functional groups attached to an aromatic ring is 1. The first-order valence-corrected chi connectivity index (χ1v) is 7.15. The normalized spacial score (nSPS) is 13.1. The second-order valence-electron chi connectivity index (χ2n) is 4.45. The van der Waals surface area contributed by atoms with Crippen LogP contribution in [0.2, 0.25) is 0 Å². The molecule has 2 rings (SSSR count). The van der Waals surface area contributed by atoms with Gasteiger partial charge in [0, 0.05) is 11.8 Å². The molecule has 0 bridgehead atoms. The molecule has 3 nitrogen and oxygen atoms in total. The molecule has 1 atom stereocenters. The third-order valence-electron chi connectivity index (χ3n) is 3.09. The summed E-state index contributed by atoms with van der Waals surface area (Å²) in [7, 11) is 0. The molecule has 0 aliphatic rings. The third-order valence-corrected chi connectivity index (χ3v) is 4.14. The lowest BCUT2D eigenvalue weighted by atomic mass is 10.2. The third kappa shape index (κ3) is 2.57. The first-order chi connectivity index (χ1) is 8.11. The molecule has 0 saturated heterocycles. The fraction of sp³-hybridized carbons (Fsp3) is 0.462. The summed E-state index contributed by atoms with van der Waals surface area (Å²) in [5, 5.41) is 0.650. The minimum Gasteiger partial charge on any atom is -0.369 e. The first kappa shape index (κ1) is 12.3. The molecule has 2 N–H and O–H groups in total. The van der Waals surface area contributed by atoms with E-state index in [1.165, 1.54) is 5.56 Å². The highest BCUT2D eigenvalue weighted by Crippen LogP contribution is 2.21. The summed E-state index contributed by atoms with van der Waals surface area (Å²) < 4.78 is 2.11. The number of imidazole rings is 1. The van der Waals surface area contributed by atoms with E-state index >= 15 is 0 Å². The van der Waals surface area contributed by atoms with Crippen molar-refractivity contribution in [1.82, 2.24) is 9.55 Å². The van der Waals surface area contributed by atoms with Crippen molar-refractivity contribution >= 4 is 28.7 Å². The van der Waals surface area contributed by atoms with Gasteiger partial charge < -0.3 is 10.3 Å². The summed E-state index contributed by atoms with van der Waals surface area (Å²) in [6.45, 7) is 5.25. The van der Waals surface area contributed by atoms with Gasteiger partial charge in [0.15, 0.2) is 0 Å². The van der Waals surface area contributed by atoms with Gasteiger partial charge in [-0.05, 0) is 37.3 Å². The number of aromatic nitrogens is 2. The number of anilines is 1. The van der Waals surface area contributed by atoms with E-state index in [1.54, 1.807) is 0 Å². The minimum absolute atomic E-state index is 0.624. The predicted octanol–water partition coefficient (Wildman–Crippen LogP) is 3.07. The molecular weight excluding hydrogens is 230 g/mol. The lowest BCUT2D eigenvalue weighted by Crippen LogP contribution is -2.07. The number of aryl methyl sites for hydroxylation is 2. The molecule has 4 heteroatoms. The Kier molecular flexibility index (Phi) is 3.62. The highest BCUT2D eigenvalue weighted by molar-refractivity contribution is 7.99. The van der Waals surface area contributed by atoms with Crippen molar-refractivity contribution in [2.24, 2.45) is 0 Å². The number of nitrogens with zero attached hydrogens (tertiary/aromatic N) is 2. The quantitative estimate of drug-likeness (QED) is 0.905. The van der Waals surface area contributed by atoms with Crippen LogP contribution < -0.4 is 5.73 Å². The highest BCUT2D eigenvalue weighted by atomic mass is 32.2. The maximum absolute atomic E-state index is 5.98. The molecule has 1 unspecified atom stereocenters. The zero-order valence-corrected chi connectivity index (χ0v) is 11.4. The van der Waals surface area contributed by atoms with Gasteiger partial charge >= 0.3 is 0 Å². The Hall–Kier alpha value is -1.16. The van der Waals surface area contributed by atoms with Crippen LogP contribution in [-0.4, -0.2) is 21.1 Å². The van der Waals surface area contributed by atoms with Crippen molar-refractivity contribution in [2.45, 2.75) is 32.1 Å². The lowest BCUT2D eigenvalue weighted by Gasteiger charge is -2.10. The topological polar surface area (TPSA) is 43.8 Å². The predicted molar refractivity (Wildman–Crippen MR) is 76.5 cm³/mol. The largest absolute Gasteiger partial charge is 0.369 e. The molecule has 1 heterocycles. The summed E-state index contributed by atoms with van der Waals surface area (Å²) in [4.78, 5) is 4.41. The second kappa shape index (κ2) is 5.00. The van der Waals surface area contributed by atoms with Gasteiger partial charge in [-0.25, -0.2) is 4.98 Å². The van der Waals surface area contributed by atoms with E-state index in [4.69, 9.17) is 5.73 Å². The smallest absolute Gasteiger partial charge is 0.201 e. The van der Waals surface area contributed by atoms with Crippen molar-refractivity contribution in [3.8, 4) is 0 Å². The Morgan fingerprint density at radius 3 is 2.94 bits per heavy atom. The zero-order valence-electron chi connectivity index (χ0n) is 10.6. The monoisotopic (exact) mass is 249 g/mol. The van der Waals surface area contributed by atoms with E-state index in [0.717, 1.165) is 24.0 Å². The average molecular weight is 249 g/mol. The number of rotatable bonds is 4. The molecule has 0 aliphatic heterocycles. The Bertz CT molecular complexity index is 519. The zero-order chi connectivity index (χ0) is 12.4. The summed E-state index contributed by atoms with van der Waals surface area (Å²) in [5.41, 5.74) is 9.34. The van der Waals surface area contributed by atoms with E-state index in [1.807, 2.05) is 11.8 Å². The number of nitrogens with two attached hydrogens (primary N) is 1. The van der Waals surface area contributed by atoms with Gasteiger partial charge in [0.2, 0.25) is 5.95 Å². The molecule has 0 fully saturated rings. The second-order valence-corrected chi connectivity index (χ2v) is 5.72. The average Bonchev–Trinajstić information content (AvgIpc) is 2.61. The van der Waals surface area contributed by atoms with Crippen LogP contribution in [0.25, 0.3) is 11.0 Å². The van der Waals surface area contributed by atoms with Gasteiger partial charge in [0.25, 0.3) is 0 Å². The summed E-state index contributed by atoms with van der Waals surface area (Å²) >= 11 is 1.89. The van der Waals surface area contributed by atoms with Crippen LogP contribution >= 0.6 is 11.8 Å². The number of hydrogen-bond donors (Lipinski definition) is 1. The van der Waals surface area contributed by atoms with Crippen LogP contribution in [0, 0.1) is 6.92 Å². The lowest BCUT2D eigenvalue weighted by molar-refractivity contribution is 0.662. The van der Waals surface area contributed by atoms with E-state index in [-0.39, 0.29) is 0 Å². The molecule has 0 spiro atoms. The van der Waals surface area contributed by atoms with Gasteiger partial charge in [-0.2, -0.15) is 11.8 Å². The summed E-state index contributed by atoms with van der Waals surface area (Å²) in [6, 6.07) is 6.30. The van der Waals surface area contributed by atoms with E-state index in [0.29, 0.717) is 11.2 Å². The summed E-state index contributed by atoms with van der Waals surface area (Å²) in [6.07, 6.45) is 3.26. The van der Waals surface area contributed by atoms with Crippen molar-refractivity contribution < 1.29 is 0 Å². The van der Waals surface area contributed by atoms with Crippen LogP contribution in [0.15, 0.2) is 18.2 Å². The minimum atomic E-state index is 0.624. The molecule has 0 amide bonds. The van der Waals surface area contributed by atoms with Crippen LogP contribution in [0.3, 0.4) is 0 Å². The first-order valence-electron chi connectivity index (χ1n) is 5.87. The van der Waals surface area contributed by atoms with Gasteiger partial charge in [-0.3, -0.25) is 0 Å². The Morgan fingerprint density at radius 1 is 1.47 bits per heavy atom. The van der Waals surface area contributed by atoms with Crippen molar-refractivity contribution in [1.29, 1.82) is 0 Å². The molecule has 0 saturated carbocycles. The number of fused-ring (bicyclic) bond motifs is 1. The molecular formula is C13H19N3S.